The molecule has 150 valence electrons. The first-order chi connectivity index (χ1) is 13.3. The summed E-state index contributed by atoms with van der Waals surface area (Å²) in [5.74, 6) is -0.325. The Morgan fingerprint density at radius 3 is 2.43 bits per heavy atom. The Labute approximate surface area is 163 Å². The zero-order chi connectivity index (χ0) is 20.5. The van der Waals surface area contributed by atoms with Gasteiger partial charge in [-0.2, -0.15) is 18.3 Å². The Hall–Kier alpha value is -2.82. The molecule has 1 aromatic carbocycles. The number of rotatable bonds is 5. The van der Waals surface area contributed by atoms with Crippen LogP contribution in [0.2, 0.25) is 0 Å². The molecule has 0 aliphatic carbocycles. The van der Waals surface area contributed by atoms with Crippen LogP contribution in [0.1, 0.15) is 0 Å². The molecule has 1 aromatic rings. The summed E-state index contributed by atoms with van der Waals surface area (Å²) >= 11 is 0.827. The lowest BCUT2D eigenvalue weighted by Gasteiger charge is -2.25. The fourth-order valence-electron chi connectivity index (χ4n) is 2.70. The lowest BCUT2D eigenvalue weighted by molar-refractivity contribution is -0.135. The van der Waals surface area contributed by atoms with E-state index in [4.69, 9.17) is 9.47 Å². The summed E-state index contributed by atoms with van der Waals surface area (Å²) in [4.78, 5) is 13.3. The molecule has 2 heterocycles. The van der Waals surface area contributed by atoms with Crippen molar-refractivity contribution in [1.82, 2.24) is 5.01 Å². The molecule has 0 fully saturated rings. The van der Waals surface area contributed by atoms with Gasteiger partial charge in [0, 0.05) is 5.69 Å². The van der Waals surface area contributed by atoms with Crippen LogP contribution in [0.3, 0.4) is 0 Å². The lowest BCUT2D eigenvalue weighted by atomic mass is 10.2. The molecule has 1 atom stereocenters. The van der Waals surface area contributed by atoms with Crippen LogP contribution in [-0.4, -0.2) is 50.3 Å². The molecule has 0 saturated carbocycles. The third-order valence-corrected chi connectivity index (χ3v) is 5.23. The van der Waals surface area contributed by atoms with Crippen molar-refractivity contribution in [2.24, 2.45) is 5.10 Å². The van der Waals surface area contributed by atoms with Gasteiger partial charge in [0.1, 0.15) is 17.7 Å². The first-order valence-corrected chi connectivity index (χ1v) is 8.75. The Balaban J connectivity index is 2.00. The number of allylic oxidation sites excluding steroid dienone is 1. The number of halogens is 3. The van der Waals surface area contributed by atoms with Crippen LogP contribution in [0.25, 0.3) is 0 Å². The summed E-state index contributed by atoms with van der Waals surface area (Å²) in [5, 5.41) is 4.74. The van der Waals surface area contributed by atoms with Crippen molar-refractivity contribution < 1.29 is 32.2 Å². The number of ether oxygens (including phenoxy) is 3. The van der Waals surface area contributed by atoms with Crippen LogP contribution < -0.4 is 9.64 Å². The van der Waals surface area contributed by atoms with E-state index in [-0.39, 0.29) is 10.5 Å². The summed E-state index contributed by atoms with van der Waals surface area (Å²) in [5.41, 5.74) is -1.63. The van der Waals surface area contributed by atoms with E-state index in [2.05, 4.69) is 9.84 Å². The van der Waals surface area contributed by atoms with Crippen LogP contribution >= 0.6 is 11.8 Å². The molecule has 0 spiro atoms. The van der Waals surface area contributed by atoms with Gasteiger partial charge in [0.15, 0.2) is 11.2 Å². The monoisotopic (exact) mass is 415 g/mol. The highest BCUT2D eigenvalue weighted by Gasteiger charge is 2.53. The maximum atomic E-state index is 13.8. The van der Waals surface area contributed by atoms with E-state index in [1.54, 1.807) is 29.2 Å². The molecule has 2 aliphatic heterocycles. The van der Waals surface area contributed by atoms with Gasteiger partial charge >= 0.3 is 12.1 Å². The Bertz CT molecular complexity index is 852. The zero-order valence-electron chi connectivity index (χ0n) is 15.1. The molecule has 0 radical (unpaired) electrons. The number of hydrogen-bond acceptors (Lipinski definition) is 8. The number of carbonyl (C=O) groups excluding carboxylic acids is 1. The molecule has 7 nitrogen and oxygen atoms in total. The number of hydrogen-bond donors (Lipinski definition) is 0. The second kappa shape index (κ2) is 7.66. The van der Waals surface area contributed by atoms with Crippen molar-refractivity contribution in [1.29, 1.82) is 0 Å². The minimum absolute atomic E-state index is 0.318. The summed E-state index contributed by atoms with van der Waals surface area (Å²) in [6.07, 6.45) is -2.51. The fraction of sp³-hybridized carbons (Fsp3) is 0.294. The van der Waals surface area contributed by atoms with Gasteiger partial charge in [-0.3, -0.25) is 4.90 Å². The number of methoxy groups -OCH3 is 3. The average molecular weight is 415 g/mol. The summed E-state index contributed by atoms with van der Waals surface area (Å²) in [6.45, 7) is 0. The molecule has 0 amide bonds. The largest absolute Gasteiger partial charge is 0.503 e. The quantitative estimate of drug-likeness (QED) is 0.416. The number of thioether (sulfide) groups is 1. The predicted octanol–water partition coefficient (Wildman–Crippen LogP) is 3.27. The lowest BCUT2D eigenvalue weighted by Crippen LogP contribution is -2.36. The van der Waals surface area contributed by atoms with Crippen molar-refractivity contribution >= 4 is 29.8 Å². The van der Waals surface area contributed by atoms with E-state index in [1.165, 1.54) is 20.6 Å². The third kappa shape index (κ3) is 3.49. The second-order valence-corrected chi connectivity index (χ2v) is 6.62. The highest BCUT2D eigenvalue weighted by molar-refractivity contribution is 8.04. The van der Waals surface area contributed by atoms with E-state index < -0.39 is 23.3 Å². The van der Waals surface area contributed by atoms with Crippen molar-refractivity contribution in [2.45, 2.75) is 11.7 Å². The van der Waals surface area contributed by atoms with Gasteiger partial charge in [-0.15, -0.1) is 0 Å². The minimum atomic E-state index is -4.74. The molecule has 0 bridgehead atoms. The molecular formula is C17H16F3N3O4S. The zero-order valence-corrected chi connectivity index (χ0v) is 15.9. The standard InChI is InChI=1S/C17H16F3N3O4S/c1-25-8-12(15(24)27-3)13-14(17(18,19)20)23-16(28-13)22(9-21-23)10-4-6-11(26-2)7-5-10/h4-9,16H,1-3H3/b12-8+. The number of esters is 1. The molecule has 2 aliphatic rings. The topological polar surface area (TPSA) is 63.6 Å². The van der Waals surface area contributed by atoms with Gasteiger partial charge in [-0.1, -0.05) is 11.8 Å². The average Bonchev–Trinajstić information content (AvgIpc) is 3.24. The first kappa shape index (κ1) is 19.9. The van der Waals surface area contributed by atoms with Crippen molar-refractivity contribution in [3.8, 4) is 5.75 Å². The smallest absolute Gasteiger partial charge is 0.434 e. The van der Waals surface area contributed by atoms with E-state index in [0.29, 0.717) is 11.4 Å². The van der Waals surface area contributed by atoms with Crippen LogP contribution in [0, 0.1) is 0 Å². The summed E-state index contributed by atoms with van der Waals surface area (Å²) in [7, 11) is 3.84. The van der Waals surface area contributed by atoms with E-state index in [9.17, 15) is 18.0 Å². The highest BCUT2D eigenvalue weighted by atomic mass is 32.2. The van der Waals surface area contributed by atoms with Crippen LogP contribution in [-0.2, 0) is 14.3 Å². The van der Waals surface area contributed by atoms with Crippen LogP contribution in [0.15, 0.2) is 51.8 Å². The second-order valence-electron chi connectivity index (χ2n) is 5.56. The van der Waals surface area contributed by atoms with E-state index in [1.807, 2.05) is 0 Å². The maximum absolute atomic E-state index is 13.8. The van der Waals surface area contributed by atoms with Gasteiger partial charge in [0.2, 0.25) is 0 Å². The number of nitrogens with zero attached hydrogens (tertiary/aromatic N) is 3. The van der Waals surface area contributed by atoms with Crippen molar-refractivity contribution in [3.63, 3.8) is 0 Å². The molecule has 11 heteroatoms. The number of benzene rings is 1. The number of anilines is 1. The van der Waals surface area contributed by atoms with Gasteiger partial charge in [0.05, 0.1) is 32.5 Å². The van der Waals surface area contributed by atoms with Gasteiger partial charge < -0.3 is 14.2 Å². The third-order valence-electron chi connectivity index (χ3n) is 3.94. The van der Waals surface area contributed by atoms with Gasteiger partial charge in [0.25, 0.3) is 0 Å². The van der Waals surface area contributed by atoms with Gasteiger partial charge in [-0.25, -0.2) is 9.80 Å². The molecule has 1 unspecified atom stereocenters. The van der Waals surface area contributed by atoms with Crippen molar-refractivity contribution in [3.05, 3.63) is 46.7 Å². The molecule has 0 N–H and O–H groups in total. The van der Waals surface area contributed by atoms with Crippen LogP contribution in [0.5, 0.6) is 5.75 Å². The Morgan fingerprint density at radius 2 is 1.89 bits per heavy atom. The minimum Gasteiger partial charge on any atom is -0.503 e. The molecular weight excluding hydrogens is 399 g/mol. The number of alkyl halides is 3. The van der Waals surface area contributed by atoms with E-state index >= 15 is 0 Å². The summed E-state index contributed by atoms with van der Waals surface area (Å²) < 4.78 is 55.9. The van der Waals surface area contributed by atoms with E-state index in [0.717, 1.165) is 30.1 Å². The SMILES string of the molecule is CO/C=C(/C(=O)OC)C1=C(C(F)(F)F)N2N=CN(c3ccc(OC)cc3)C2S1. The molecule has 0 aromatic heterocycles. The summed E-state index contributed by atoms with van der Waals surface area (Å²) in [6, 6.07) is 6.78. The highest BCUT2D eigenvalue weighted by Crippen LogP contribution is 2.51. The Morgan fingerprint density at radius 1 is 1.21 bits per heavy atom. The number of carbonyl (C=O) groups is 1. The molecule has 0 saturated heterocycles. The molecule has 3 rings (SSSR count). The fourth-order valence-corrected chi connectivity index (χ4v) is 4.04. The van der Waals surface area contributed by atoms with Gasteiger partial charge in [-0.05, 0) is 24.3 Å². The van der Waals surface area contributed by atoms with Crippen molar-refractivity contribution in [2.75, 3.05) is 26.2 Å². The first-order valence-electron chi connectivity index (χ1n) is 7.87. The normalized spacial score (nSPS) is 19.2. The molecule has 28 heavy (non-hydrogen) atoms. The Kier molecular flexibility index (Phi) is 5.45. The maximum Gasteiger partial charge on any atom is 0.434 e. The predicted molar refractivity (Wildman–Crippen MR) is 97.4 cm³/mol. The number of fused-ring (bicyclic) bond motifs is 1. The van der Waals surface area contributed by atoms with Crippen LogP contribution in [0.4, 0.5) is 18.9 Å². The number of hydrazone groups is 1.